The van der Waals surface area contributed by atoms with Crippen LogP contribution in [0.5, 0.6) is 0 Å². The normalized spacial score (nSPS) is 19.1. The average Bonchev–Trinajstić information content (AvgIpc) is 3.28. The SMILES string of the molecule is C=C(CCCCCCC1CCC2CC(CCCCCC)C(CC)CC2C1CCCCCCC(=C)OO)OO.CCCCCCC.CCCCCCCCCC(CCCCCCCOCO)C(CCCCCCCCC)CCCCCCCOCO. The summed E-state index contributed by atoms with van der Waals surface area (Å²) in [5.74, 6) is 8.52. The maximum atomic E-state index is 8.79. The molecule has 2 aliphatic rings. The Kier molecular flexibility index (Phi) is 64.9. The molecule has 508 valence electrons. The lowest BCUT2D eigenvalue weighted by Gasteiger charge is -2.51. The highest BCUT2D eigenvalue weighted by atomic mass is 17.1. The van der Waals surface area contributed by atoms with Crippen molar-refractivity contribution in [3.8, 4) is 0 Å². The van der Waals surface area contributed by atoms with Gasteiger partial charge in [-0.05, 0) is 105 Å². The molecule has 0 bridgehead atoms. The van der Waals surface area contributed by atoms with Gasteiger partial charge in [-0.25, -0.2) is 10.5 Å². The van der Waals surface area contributed by atoms with E-state index in [-0.39, 0.29) is 13.6 Å². The molecule has 0 radical (unpaired) electrons. The molecular weight excluding hydrogens is 1050 g/mol. The van der Waals surface area contributed by atoms with Crippen LogP contribution in [-0.2, 0) is 19.2 Å². The molecule has 8 heteroatoms. The summed E-state index contributed by atoms with van der Waals surface area (Å²) in [6.45, 7) is 22.5. The Labute approximate surface area is 531 Å². The number of hydrogen-bond acceptors (Lipinski definition) is 8. The average molecular weight is 1210 g/mol. The summed E-state index contributed by atoms with van der Waals surface area (Å²) >= 11 is 0. The van der Waals surface area contributed by atoms with Gasteiger partial charge in [-0.15, -0.1) is 0 Å². The van der Waals surface area contributed by atoms with E-state index in [1.807, 2.05) is 0 Å². The number of aliphatic hydroxyl groups is 2. The van der Waals surface area contributed by atoms with Gasteiger partial charge in [0.15, 0.2) is 0 Å². The van der Waals surface area contributed by atoms with Crippen LogP contribution in [0.3, 0.4) is 0 Å². The zero-order valence-electron chi connectivity index (χ0n) is 58.2. The molecule has 0 spiro atoms. The van der Waals surface area contributed by atoms with Crippen LogP contribution >= 0.6 is 0 Å². The fraction of sp³-hybridized carbons (Fsp3) is 0.948. The van der Waals surface area contributed by atoms with Crippen molar-refractivity contribution in [2.75, 3.05) is 26.8 Å². The van der Waals surface area contributed by atoms with E-state index in [1.54, 1.807) is 0 Å². The molecule has 2 rings (SSSR count). The number of unbranched alkanes of at least 4 members (excludes halogenated alkanes) is 33. The molecule has 0 heterocycles. The summed E-state index contributed by atoms with van der Waals surface area (Å²) in [4.78, 5) is 8.49. The summed E-state index contributed by atoms with van der Waals surface area (Å²) in [6, 6.07) is 0. The molecule has 85 heavy (non-hydrogen) atoms. The van der Waals surface area contributed by atoms with Crippen LogP contribution in [0.15, 0.2) is 24.7 Å². The Bertz CT molecular complexity index is 1300. The third kappa shape index (κ3) is 50.2. The topological polar surface area (TPSA) is 118 Å². The van der Waals surface area contributed by atoms with E-state index < -0.39 is 0 Å². The van der Waals surface area contributed by atoms with E-state index in [0.29, 0.717) is 24.7 Å². The Morgan fingerprint density at radius 2 is 0.694 bits per heavy atom. The van der Waals surface area contributed by atoms with Gasteiger partial charge < -0.3 is 29.5 Å². The standard InChI is InChI=1S/C36H74O4.C34H62O4.C7H16/c1-3-5-7-9-11-15-21-27-35(29-23-17-13-19-25-31-39-33-37)36(28-22-16-12-10-8-6-4-2)30-24-18-14-20-26-32-40-34-38;1-5-7-8-15-21-31-25-32-24-23-30(20-16-11-9-13-18-27(3)37-35)33(34(32)26-29(31)6-2)22-17-12-10-14-19-28(4)38-36;1-3-5-7-6-4-2/h35-38H,3-34H2,1-2H3;29-36H,3-26H2,1-2H3;3-7H2,1-2H3. The second kappa shape index (κ2) is 65.8. The number of allylic oxidation sites excluding steroid dienone is 2. The summed E-state index contributed by atoms with van der Waals surface area (Å²) in [5, 5.41) is 35.0. The molecule has 2 saturated carbocycles. The van der Waals surface area contributed by atoms with Gasteiger partial charge in [0.2, 0.25) is 0 Å². The molecule has 0 aromatic heterocycles. The number of hydrogen-bond donors (Lipinski definition) is 4. The van der Waals surface area contributed by atoms with E-state index >= 15 is 0 Å². The van der Waals surface area contributed by atoms with E-state index in [0.717, 1.165) is 85.9 Å². The zero-order chi connectivity index (χ0) is 62.3. The van der Waals surface area contributed by atoms with Gasteiger partial charge in [0, 0.05) is 26.1 Å². The van der Waals surface area contributed by atoms with Gasteiger partial charge in [0.1, 0.15) is 25.1 Å². The van der Waals surface area contributed by atoms with Gasteiger partial charge in [-0.2, -0.15) is 0 Å². The number of fused-ring (bicyclic) bond motifs is 1. The van der Waals surface area contributed by atoms with Crippen molar-refractivity contribution in [1.29, 1.82) is 0 Å². The van der Waals surface area contributed by atoms with Crippen molar-refractivity contribution in [3.63, 3.8) is 0 Å². The molecule has 0 aliphatic heterocycles. The van der Waals surface area contributed by atoms with Crippen molar-refractivity contribution < 1.29 is 40.0 Å². The van der Waals surface area contributed by atoms with Crippen LogP contribution in [0, 0.1) is 47.3 Å². The van der Waals surface area contributed by atoms with Crippen LogP contribution in [-0.4, -0.2) is 47.5 Å². The largest absolute Gasteiger partial charge is 0.371 e. The van der Waals surface area contributed by atoms with Crippen molar-refractivity contribution >= 4 is 0 Å². The van der Waals surface area contributed by atoms with Gasteiger partial charge in [-0.1, -0.05) is 337 Å². The third-order valence-electron chi connectivity index (χ3n) is 20.4. The molecule has 0 aromatic carbocycles. The maximum Gasteiger partial charge on any atom is 0.143 e. The number of rotatable bonds is 61. The van der Waals surface area contributed by atoms with Crippen molar-refractivity contribution in [2.45, 2.75) is 395 Å². The van der Waals surface area contributed by atoms with Gasteiger partial charge in [-0.3, -0.25) is 0 Å². The molecule has 2 aliphatic carbocycles. The van der Waals surface area contributed by atoms with Crippen molar-refractivity contribution in [2.24, 2.45) is 47.3 Å². The fourth-order valence-corrected chi connectivity index (χ4v) is 15.1. The van der Waals surface area contributed by atoms with Crippen LogP contribution in [0.25, 0.3) is 0 Å². The molecule has 2 fully saturated rings. The molecule has 0 saturated heterocycles. The minimum Gasteiger partial charge on any atom is -0.371 e. The first-order valence-corrected chi connectivity index (χ1v) is 38.1. The minimum atomic E-state index is -0.140. The lowest BCUT2D eigenvalue weighted by molar-refractivity contribution is -0.205. The minimum absolute atomic E-state index is 0.140. The van der Waals surface area contributed by atoms with E-state index in [1.165, 1.54) is 315 Å². The highest BCUT2D eigenvalue weighted by molar-refractivity contribution is 4.94. The molecule has 8 unspecified atom stereocenters. The van der Waals surface area contributed by atoms with Crippen molar-refractivity contribution in [3.05, 3.63) is 24.7 Å². The summed E-state index contributed by atoms with van der Waals surface area (Å²) in [6.07, 6.45) is 73.9. The molecule has 0 amide bonds. The predicted octanol–water partition coefficient (Wildman–Crippen LogP) is 25.4. The third-order valence-corrected chi connectivity index (χ3v) is 20.4. The van der Waals surface area contributed by atoms with Crippen LogP contribution in [0.1, 0.15) is 395 Å². The first-order valence-electron chi connectivity index (χ1n) is 38.1. The molecule has 8 atom stereocenters. The van der Waals surface area contributed by atoms with Gasteiger partial charge in [0.25, 0.3) is 0 Å². The Morgan fingerprint density at radius 3 is 1.08 bits per heavy atom. The van der Waals surface area contributed by atoms with Gasteiger partial charge in [0.05, 0.1) is 0 Å². The van der Waals surface area contributed by atoms with E-state index in [2.05, 4.69) is 64.5 Å². The maximum absolute atomic E-state index is 8.79. The summed E-state index contributed by atoms with van der Waals surface area (Å²) < 4.78 is 10.2. The monoisotopic (exact) mass is 1210 g/mol. The Morgan fingerprint density at radius 1 is 0.365 bits per heavy atom. The molecular formula is C77H152O8. The number of ether oxygens (including phenoxy) is 2. The zero-order valence-corrected chi connectivity index (χ0v) is 58.2. The molecule has 0 aromatic rings. The Balaban J connectivity index is 0.00000149. The Hall–Kier alpha value is -1.16. The number of aliphatic hydroxyl groups excluding tert-OH is 2. The van der Waals surface area contributed by atoms with Gasteiger partial charge >= 0.3 is 0 Å². The smallest absolute Gasteiger partial charge is 0.143 e. The quantitative estimate of drug-likeness (QED) is 0.0156. The first-order chi connectivity index (χ1) is 41.7. The second-order valence-corrected chi connectivity index (χ2v) is 27.4. The highest BCUT2D eigenvalue weighted by Gasteiger charge is 2.44. The molecule has 4 N–H and O–H groups in total. The van der Waals surface area contributed by atoms with E-state index in [4.69, 9.17) is 30.2 Å². The van der Waals surface area contributed by atoms with E-state index in [9.17, 15) is 0 Å². The summed E-state index contributed by atoms with van der Waals surface area (Å²) in [7, 11) is 0. The van der Waals surface area contributed by atoms with Crippen molar-refractivity contribution in [1.82, 2.24) is 0 Å². The highest BCUT2D eigenvalue weighted by Crippen LogP contribution is 2.54. The second-order valence-electron chi connectivity index (χ2n) is 27.4. The predicted molar refractivity (Wildman–Crippen MR) is 368 cm³/mol. The van der Waals surface area contributed by atoms with Crippen LogP contribution < -0.4 is 0 Å². The summed E-state index contributed by atoms with van der Waals surface area (Å²) in [5.41, 5.74) is 0. The van der Waals surface area contributed by atoms with Crippen LogP contribution in [0.2, 0.25) is 0 Å². The lowest BCUT2D eigenvalue weighted by Crippen LogP contribution is -2.41. The lowest BCUT2D eigenvalue weighted by atomic mass is 9.55. The molecule has 8 nitrogen and oxygen atoms in total. The first kappa shape index (κ1) is 83.8. The van der Waals surface area contributed by atoms with Crippen LogP contribution in [0.4, 0.5) is 0 Å². The fourth-order valence-electron chi connectivity index (χ4n) is 15.1.